The minimum Gasteiger partial charge on any atom is -0.790 e. The molecule has 45 heavy (non-hydrogen) atoms. The Labute approximate surface area is 276 Å². The molecule has 0 aliphatic rings. The first kappa shape index (κ1) is 44.0. The number of hydrogen-bond donors (Lipinski definition) is 0. The molecular weight excluding hydrogens is 591 g/mol. The van der Waals surface area contributed by atoms with Gasteiger partial charge in [0.05, 0.1) is 14.4 Å². The second kappa shape index (κ2) is 33.0. The summed E-state index contributed by atoms with van der Waals surface area (Å²) in [5.41, 5.74) is 0. The van der Waals surface area contributed by atoms with E-state index in [1.165, 1.54) is 128 Å². The summed E-state index contributed by atoms with van der Waals surface area (Å²) in [6, 6.07) is 0. The van der Waals surface area contributed by atoms with Gasteiger partial charge in [-0.05, 0) is 12.8 Å². The Morgan fingerprint density at radius 3 is 1.13 bits per heavy atom. The Hall–Kier alpha value is -0.950. The molecule has 0 aliphatic heterocycles. The zero-order valence-corrected chi connectivity index (χ0v) is 30.1. The van der Waals surface area contributed by atoms with Gasteiger partial charge in [-0.2, -0.15) is 0 Å². The molecule has 1 atom stereocenters. The summed E-state index contributed by atoms with van der Waals surface area (Å²) in [5, 5.41) is 0. The maximum absolute atomic E-state index is 12.3. The fraction of sp³-hybridized carbons (Fsp3) is 0.944. The van der Waals surface area contributed by atoms with Crippen LogP contribution in [0.4, 0.5) is 0 Å². The summed E-state index contributed by atoms with van der Waals surface area (Å²) in [5.74, 6) is -0.944. The quantitative estimate of drug-likeness (QED) is 0.0374. The average Bonchev–Trinajstić information content (AvgIpc) is 3.00. The molecule has 0 N–H and O–H groups in total. The molecule has 0 aromatic heterocycles. The molecular formula is C36H69O8P-2. The largest absolute Gasteiger partial charge is 0.790 e. The first-order valence-electron chi connectivity index (χ1n) is 18.8. The van der Waals surface area contributed by atoms with Crippen LogP contribution in [-0.2, 0) is 28.2 Å². The Bertz CT molecular complexity index is 711. The first-order chi connectivity index (χ1) is 21.8. The molecule has 0 amide bonds. The molecule has 0 saturated heterocycles. The number of carbonyl (C=O) groups is 2. The van der Waals surface area contributed by atoms with Crippen molar-refractivity contribution in [3.05, 3.63) is 0 Å². The Morgan fingerprint density at radius 2 is 0.800 bits per heavy atom. The van der Waals surface area contributed by atoms with Crippen LogP contribution >= 0.6 is 7.82 Å². The number of carbonyl (C=O) groups excluding carboxylic acids is 2. The fourth-order valence-electron chi connectivity index (χ4n) is 5.54. The Kier molecular flexibility index (Phi) is 32.3. The highest BCUT2D eigenvalue weighted by Crippen LogP contribution is 2.25. The van der Waals surface area contributed by atoms with E-state index in [2.05, 4.69) is 18.4 Å². The van der Waals surface area contributed by atoms with E-state index in [0.29, 0.717) is 12.8 Å². The van der Waals surface area contributed by atoms with Crippen LogP contribution < -0.4 is 9.79 Å². The molecule has 268 valence electrons. The number of ether oxygens (including phenoxy) is 2. The molecule has 0 aromatic carbocycles. The summed E-state index contributed by atoms with van der Waals surface area (Å²) in [7, 11) is -5.24. The highest BCUT2D eigenvalue weighted by Gasteiger charge is 2.18. The summed E-state index contributed by atoms with van der Waals surface area (Å²) in [6.45, 7) is 3.50. The molecule has 8 nitrogen and oxygen atoms in total. The van der Waals surface area contributed by atoms with Gasteiger partial charge in [0.25, 0.3) is 0 Å². The second-order valence-corrected chi connectivity index (χ2v) is 14.0. The predicted octanol–water partition coefficient (Wildman–Crippen LogP) is 9.64. The van der Waals surface area contributed by atoms with Gasteiger partial charge in [-0.25, -0.2) is 0 Å². The summed E-state index contributed by atoms with van der Waals surface area (Å²) < 4.78 is 25.7. The van der Waals surface area contributed by atoms with E-state index in [-0.39, 0.29) is 19.4 Å². The van der Waals surface area contributed by atoms with Crippen LogP contribution in [0.1, 0.15) is 200 Å². The number of hydrogen-bond acceptors (Lipinski definition) is 8. The number of esters is 2. The van der Waals surface area contributed by atoms with Crippen molar-refractivity contribution in [1.82, 2.24) is 0 Å². The van der Waals surface area contributed by atoms with Gasteiger partial charge in [0.1, 0.15) is 6.61 Å². The van der Waals surface area contributed by atoms with Crippen LogP contribution in [0.2, 0.25) is 0 Å². The average molecular weight is 661 g/mol. The van der Waals surface area contributed by atoms with E-state index >= 15 is 0 Å². The van der Waals surface area contributed by atoms with Crippen LogP contribution in [0.25, 0.3) is 0 Å². The van der Waals surface area contributed by atoms with Gasteiger partial charge >= 0.3 is 11.9 Å². The number of phosphoric acid groups is 1. The predicted molar refractivity (Wildman–Crippen MR) is 180 cm³/mol. The van der Waals surface area contributed by atoms with E-state index in [1.807, 2.05) is 0 Å². The summed E-state index contributed by atoms with van der Waals surface area (Å²) in [6.07, 6.45) is 32.1. The van der Waals surface area contributed by atoms with Gasteiger partial charge in [-0.15, -0.1) is 0 Å². The first-order valence-corrected chi connectivity index (χ1v) is 20.3. The van der Waals surface area contributed by atoms with Crippen molar-refractivity contribution in [3.8, 4) is 0 Å². The molecule has 0 bridgehead atoms. The summed E-state index contributed by atoms with van der Waals surface area (Å²) in [4.78, 5) is 46.3. The smallest absolute Gasteiger partial charge is 0.306 e. The zero-order chi connectivity index (χ0) is 33.3. The number of rotatable bonds is 35. The monoisotopic (exact) mass is 660 g/mol. The topological polar surface area (TPSA) is 125 Å². The van der Waals surface area contributed by atoms with Gasteiger partial charge in [0.2, 0.25) is 0 Å². The van der Waals surface area contributed by atoms with E-state index in [4.69, 9.17) is 9.47 Å². The third kappa shape index (κ3) is 35.7. The molecule has 0 spiro atoms. The highest BCUT2D eigenvalue weighted by atomic mass is 31.2. The number of phosphoric ester groups is 1. The molecule has 0 fully saturated rings. The van der Waals surface area contributed by atoms with Gasteiger partial charge < -0.3 is 28.3 Å². The normalized spacial score (nSPS) is 12.4. The third-order valence-electron chi connectivity index (χ3n) is 8.37. The molecule has 0 saturated carbocycles. The Balaban J connectivity index is 3.92. The molecule has 0 aromatic rings. The maximum Gasteiger partial charge on any atom is 0.306 e. The minimum absolute atomic E-state index is 0.188. The lowest BCUT2D eigenvalue weighted by molar-refractivity contribution is -0.343. The van der Waals surface area contributed by atoms with Crippen molar-refractivity contribution in [2.45, 2.75) is 206 Å². The van der Waals surface area contributed by atoms with Crippen LogP contribution in [0.5, 0.6) is 0 Å². The van der Waals surface area contributed by atoms with Crippen molar-refractivity contribution < 1.29 is 37.9 Å². The van der Waals surface area contributed by atoms with E-state index < -0.39 is 32.5 Å². The van der Waals surface area contributed by atoms with Crippen LogP contribution in [0.3, 0.4) is 0 Å². The molecule has 0 unspecified atom stereocenters. The van der Waals surface area contributed by atoms with Crippen molar-refractivity contribution >= 4 is 19.8 Å². The maximum atomic E-state index is 12.3. The lowest BCUT2D eigenvalue weighted by atomic mass is 10.0. The van der Waals surface area contributed by atoms with Gasteiger partial charge in [-0.1, -0.05) is 174 Å². The van der Waals surface area contributed by atoms with Crippen molar-refractivity contribution in [2.75, 3.05) is 13.2 Å². The van der Waals surface area contributed by atoms with E-state index in [9.17, 15) is 23.9 Å². The molecule has 0 rings (SSSR count). The van der Waals surface area contributed by atoms with Crippen molar-refractivity contribution in [2.24, 2.45) is 0 Å². The number of unbranched alkanes of at least 4 members (excludes halogenated alkanes) is 25. The van der Waals surface area contributed by atoms with Gasteiger partial charge in [-0.3, -0.25) is 9.59 Å². The second-order valence-electron chi connectivity index (χ2n) is 12.9. The standard InChI is InChI=1S/C36H71O8P/c1-3-5-7-9-11-13-15-17-19-20-22-24-26-28-30-35(37)42-32-34(33-43-45(39,40)41)44-36(38)31-29-27-25-23-21-18-16-14-12-10-8-6-4-2/h34H,3-33H2,1-2H3,(H2,39,40,41)/p-2/t34-/m1/s1. The Morgan fingerprint density at radius 1 is 0.489 bits per heavy atom. The molecule has 0 radical (unpaired) electrons. The summed E-state index contributed by atoms with van der Waals surface area (Å²) >= 11 is 0. The third-order valence-corrected chi connectivity index (χ3v) is 8.83. The lowest BCUT2D eigenvalue weighted by Gasteiger charge is -2.30. The molecule has 9 heteroatoms. The molecule has 0 aliphatic carbocycles. The van der Waals surface area contributed by atoms with E-state index in [0.717, 1.165) is 32.1 Å². The highest BCUT2D eigenvalue weighted by molar-refractivity contribution is 7.43. The van der Waals surface area contributed by atoms with Crippen molar-refractivity contribution in [1.29, 1.82) is 0 Å². The SMILES string of the molecule is CCCCCCCCCCCCCCCCC(=O)OC[C@H](COP(=O)([O-])[O-])OC(=O)CCCCCCCCCCCCCCC. The van der Waals surface area contributed by atoms with Crippen molar-refractivity contribution in [3.63, 3.8) is 0 Å². The van der Waals surface area contributed by atoms with Crippen LogP contribution in [0.15, 0.2) is 0 Å². The van der Waals surface area contributed by atoms with Gasteiger partial charge in [0.15, 0.2) is 6.10 Å². The lowest BCUT2D eigenvalue weighted by Crippen LogP contribution is -2.31. The van der Waals surface area contributed by atoms with Crippen LogP contribution in [-0.4, -0.2) is 31.3 Å². The fourth-order valence-corrected chi connectivity index (χ4v) is 5.89. The van der Waals surface area contributed by atoms with E-state index in [1.54, 1.807) is 0 Å². The molecule has 0 heterocycles. The van der Waals surface area contributed by atoms with Gasteiger partial charge in [0, 0.05) is 12.8 Å². The minimum atomic E-state index is -5.24. The zero-order valence-electron chi connectivity index (χ0n) is 29.2. The van der Waals surface area contributed by atoms with Crippen LogP contribution in [0, 0.1) is 0 Å².